The molecule has 3 nitrogen and oxygen atoms in total. The molecule has 0 bridgehead atoms. The minimum Gasteiger partial charge on any atom is -0.207 e. The number of aryl methyl sites for hydroxylation is 2. The van der Waals surface area contributed by atoms with Crippen LogP contribution in [0.15, 0.2) is 51.8 Å². The Morgan fingerprint density at radius 1 is 1.05 bits per heavy atom. The smallest absolute Gasteiger partial charge is 0.207 e. The first-order valence-corrected chi connectivity index (χ1v) is 8.92. The van der Waals surface area contributed by atoms with Gasteiger partial charge in [-0.1, -0.05) is 40.2 Å². The Hall–Kier alpha value is -1.17. The van der Waals surface area contributed by atoms with Crippen molar-refractivity contribution in [3.05, 3.63) is 63.6 Å². The van der Waals surface area contributed by atoms with Crippen molar-refractivity contribution in [2.24, 2.45) is 0 Å². The molecule has 5 heteroatoms. The van der Waals surface area contributed by atoms with Crippen LogP contribution in [0.5, 0.6) is 0 Å². The lowest BCUT2D eigenvalue weighted by molar-refractivity contribution is 0.566. The van der Waals surface area contributed by atoms with E-state index >= 15 is 0 Å². The highest BCUT2D eigenvalue weighted by Crippen LogP contribution is 2.21. The number of rotatable bonds is 4. The number of benzene rings is 2. The average Bonchev–Trinajstić information content (AvgIpc) is 2.41. The maximum Gasteiger partial charge on any atom is 0.241 e. The molecule has 0 heterocycles. The SMILES string of the molecule is Cc1ccc(C)c(S(=O)(=O)NC(C)c2ccc(Br)cc2)c1. The molecule has 2 rings (SSSR count). The minimum absolute atomic E-state index is 0.289. The van der Waals surface area contributed by atoms with Gasteiger partial charge in [0.05, 0.1) is 4.90 Å². The van der Waals surface area contributed by atoms with Gasteiger partial charge in [0, 0.05) is 10.5 Å². The third kappa shape index (κ3) is 3.93. The van der Waals surface area contributed by atoms with Gasteiger partial charge in [0.1, 0.15) is 0 Å². The quantitative estimate of drug-likeness (QED) is 0.883. The van der Waals surface area contributed by atoms with Crippen LogP contribution in [0.3, 0.4) is 0 Å². The van der Waals surface area contributed by atoms with Crippen LogP contribution in [0.25, 0.3) is 0 Å². The van der Waals surface area contributed by atoms with E-state index in [4.69, 9.17) is 0 Å². The molecule has 21 heavy (non-hydrogen) atoms. The molecule has 0 fully saturated rings. The first kappa shape index (κ1) is 16.2. The Bertz CT molecular complexity index is 739. The van der Waals surface area contributed by atoms with Crippen LogP contribution in [-0.2, 0) is 10.0 Å². The Morgan fingerprint density at radius 3 is 2.29 bits per heavy atom. The Balaban J connectivity index is 2.28. The second-order valence-corrected chi connectivity index (χ2v) is 7.76. The lowest BCUT2D eigenvalue weighted by atomic mass is 10.1. The number of hydrogen-bond acceptors (Lipinski definition) is 2. The Labute approximate surface area is 134 Å². The summed E-state index contributed by atoms with van der Waals surface area (Å²) in [5, 5.41) is 0. The summed E-state index contributed by atoms with van der Waals surface area (Å²) < 4.78 is 28.8. The summed E-state index contributed by atoms with van der Waals surface area (Å²) in [6, 6.07) is 12.8. The van der Waals surface area contributed by atoms with Gasteiger partial charge in [0.25, 0.3) is 0 Å². The first-order chi connectivity index (χ1) is 9.79. The monoisotopic (exact) mass is 367 g/mol. The van der Waals surface area contributed by atoms with Crippen molar-refractivity contribution in [3.63, 3.8) is 0 Å². The van der Waals surface area contributed by atoms with Crippen molar-refractivity contribution in [1.29, 1.82) is 0 Å². The molecule has 0 aliphatic rings. The van der Waals surface area contributed by atoms with E-state index in [1.165, 1.54) is 0 Å². The zero-order valence-corrected chi connectivity index (χ0v) is 14.6. The molecule has 0 spiro atoms. The molecule has 2 aromatic carbocycles. The molecule has 2 aromatic rings. The predicted molar refractivity (Wildman–Crippen MR) is 88.8 cm³/mol. The average molecular weight is 368 g/mol. The van der Waals surface area contributed by atoms with Gasteiger partial charge < -0.3 is 0 Å². The fraction of sp³-hybridized carbons (Fsp3) is 0.250. The van der Waals surface area contributed by atoms with E-state index in [-0.39, 0.29) is 6.04 Å². The van der Waals surface area contributed by atoms with Crippen molar-refractivity contribution < 1.29 is 8.42 Å². The summed E-state index contributed by atoms with van der Waals surface area (Å²) in [4.78, 5) is 0.339. The molecule has 0 saturated heterocycles. The standard InChI is InChI=1S/C16H18BrNO2S/c1-11-4-5-12(2)16(10-11)21(19,20)18-13(3)14-6-8-15(17)9-7-14/h4-10,13,18H,1-3H3. The van der Waals surface area contributed by atoms with Gasteiger partial charge in [-0.2, -0.15) is 0 Å². The van der Waals surface area contributed by atoms with E-state index in [9.17, 15) is 8.42 Å². The molecule has 1 atom stereocenters. The van der Waals surface area contributed by atoms with E-state index in [1.807, 2.05) is 50.2 Å². The summed E-state index contributed by atoms with van der Waals surface area (Å²) in [7, 11) is -3.53. The van der Waals surface area contributed by atoms with E-state index < -0.39 is 10.0 Å². The zero-order valence-electron chi connectivity index (χ0n) is 12.2. The molecule has 0 radical (unpaired) electrons. The summed E-state index contributed by atoms with van der Waals surface area (Å²) >= 11 is 3.37. The topological polar surface area (TPSA) is 46.2 Å². The normalized spacial score (nSPS) is 13.1. The third-order valence-corrected chi connectivity index (χ3v) is 5.55. The molecule has 0 aliphatic heterocycles. The van der Waals surface area contributed by atoms with E-state index in [2.05, 4.69) is 20.7 Å². The molecule has 0 aromatic heterocycles. The molecule has 112 valence electrons. The van der Waals surface area contributed by atoms with Gasteiger partial charge in [0.15, 0.2) is 0 Å². The van der Waals surface area contributed by atoms with Crippen molar-refractivity contribution in [2.75, 3.05) is 0 Å². The van der Waals surface area contributed by atoms with Crippen LogP contribution in [0, 0.1) is 13.8 Å². The molecular weight excluding hydrogens is 350 g/mol. The van der Waals surface area contributed by atoms with Gasteiger partial charge in [0.2, 0.25) is 10.0 Å². The van der Waals surface area contributed by atoms with Crippen LogP contribution in [-0.4, -0.2) is 8.42 Å². The first-order valence-electron chi connectivity index (χ1n) is 6.64. The van der Waals surface area contributed by atoms with Crippen LogP contribution in [0.2, 0.25) is 0 Å². The summed E-state index contributed by atoms with van der Waals surface area (Å²) in [5.74, 6) is 0. The Morgan fingerprint density at radius 2 is 1.67 bits per heavy atom. The zero-order chi connectivity index (χ0) is 15.6. The maximum absolute atomic E-state index is 12.5. The van der Waals surface area contributed by atoms with E-state index in [0.29, 0.717) is 4.90 Å². The van der Waals surface area contributed by atoms with Crippen molar-refractivity contribution in [2.45, 2.75) is 31.7 Å². The van der Waals surface area contributed by atoms with Gasteiger partial charge >= 0.3 is 0 Å². The van der Waals surface area contributed by atoms with E-state index in [1.54, 1.807) is 13.0 Å². The van der Waals surface area contributed by atoms with E-state index in [0.717, 1.165) is 21.2 Å². The second kappa shape index (κ2) is 6.30. The van der Waals surface area contributed by atoms with Crippen LogP contribution < -0.4 is 4.72 Å². The van der Waals surface area contributed by atoms with Crippen LogP contribution in [0.1, 0.15) is 29.7 Å². The maximum atomic E-state index is 12.5. The molecular formula is C16H18BrNO2S. The van der Waals surface area contributed by atoms with Crippen molar-refractivity contribution in [1.82, 2.24) is 4.72 Å². The second-order valence-electron chi connectivity index (χ2n) is 5.16. The largest absolute Gasteiger partial charge is 0.241 e. The van der Waals surface area contributed by atoms with Crippen molar-refractivity contribution in [3.8, 4) is 0 Å². The molecule has 1 N–H and O–H groups in total. The lowest BCUT2D eigenvalue weighted by Crippen LogP contribution is -2.27. The van der Waals surface area contributed by atoms with Crippen LogP contribution in [0.4, 0.5) is 0 Å². The molecule has 0 aliphatic carbocycles. The summed E-state index contributed by atoms with van der Waals surface area (Å²) in [6.07, 6.45) is 0. The summed E-state index contributed by atoms with van der Waals surface area (Å²) in [6.45, 7) is 5.53. The number of halogens is 1. The summed E-state index contributed by atoms with van der Waals surface area (Å²) in [5.41, 5.74) is 2.60. The highest BCUT2D eigenvalue weighted by atomic mass is 79.9. The number of hydrogen-bond donors (Lipinski definition) is 1. The molecule has 0 saturated carbocycles. The van der Waals surface area contributed by atoms with Gasteiger partial charge in [-0.3, -0.25) is 0 Å². The number of sulfonamides is 1. The fourth-order valence-electron chi connectivity index (χ4n) is 2.11. The van der Waals surface area contributed by atoms with Gasteiger partial charge in [-0.25, -0.2) is 13.1 Å². The highest BCUT2D eigenvalue weighted by Gasteiger charge is 2.20. The fourth-order valence-corrected chi connectivity index (χ4v) is 3.94. The molecule has 1 unspecified atom stereocenters. The highest BCUT2D eigenvalue weighted by molar-refractivity contribution is 9.10. The van der Waals surface area contributed by atoms with Gasteiger partial charge in [-0.15, -0.1) is 0 Å². The van der Waals surface area contributed by atoms with Crippen molar-refractivity contribution >= 4 is 26.0 Å². The lowest BCUT2D eigenvalue weighted by Gasteiger charge is -2.16. The molecule has 0 amide bonds. The number of nitrogens with one attached hydrogen (secondary N) is 1. The van der Waals surface area contributed by atoms with Crippen LogP contribution >= 0.6 is 15.9 Å². The third-order valence-electron chi connectivity index (χ3n) is 3.34. The Kier molecular flexibility index (Phi) is 4.86. The minimum atomic E-state index is -3.53. The van der Waals surface area contributed by atoms with Gasteiger partial charge in [-0.05, 0) is 55.7 Å². The predicted octanol–water partition coefficient (Wildman–Crippen LogP) is 4.11.